The van der Waals surface area contributed by atoms with E-state index in [0.29, 0.717) is 10.4 Å². The van der Waals surface area contributed by atoms with Gasteiger partial charge in [-0.1, -0.05) is 22.4 Å². The Balaban J connectivity index is 1.99. The lowest BCUT2D eigenvalue weighted by Gasteiger charge is -2.26. The fourth-order valence-corrected chi connectivity index (χ4v) is 3.74. The third-order valence-electron chi connectivity index (χ3n) is 2.72. The van der Waals surface area contributed by atoms with Crippen molar-refractivity contribution in [3.63, 3.8) is 0 Å². The second kappa shape index (κ2) is 5.65. The van der Waals surface area contributed by atoms with Gasteiger partial charge in [0.2, 0.25) is 0 Å². The number of esters is 1. The SMILES string of the molecule is O=C(O[C@@H]1CCCC[C@H]1Br)c1ccsc1Br. The standard InChI is InChI=1S/C11H12Br2O2S/c12-8-3-1-2-4-9(8)15-11(14)7-5-6-16-10(7)13/h5-6,8-9H,1-4H2/t8-,9-/m1/s1. The molecule has 1 aliphatic rings. The molecule has 88 valence electrons. The maximum atomic E-state index is 11.9. The molecule has 2 nitrogen and oxygen atoms in total. The summed E-state index contributed by atoms with van der Waals surface area (Å²) in [5, 5.41) is 1.88. The van der Waals surface area contributed by atoms with Crippen LogP contribution in [0, 0.1) is 0 Å². The van der Waals surface area contributed by atoms with Gasteiger partial charge in [-0.2, -0.15) is 0 Å². The van der Waals surface area contributed by atoms with Gasteiger partial charge in [0.25, 0.3) is 0 Å². The minimum absolute atomic E-state index is 0.0213. The molecule has 0 spiro atoms. The molecule has 2 atom stereocenters. The quantitative estimate of drug-likeness (QED) is 0.572. The maximum Gasteiger partial charge on any atom is 0.340 e. The van der Waals surface area contributed by atoms with Crippen molar-refractivity contribution < 1.29 is 9.53 Å². The zero-order valence-electron chi connectivity index (χ0n) is 8.62. The molecule has 0 amide bonds. The van der Waals surface area contributed by atoms with Crippen LogP contribution in [-0.2, 0) is 4.74 Å². The summed E-state index contributed by atoms with van der Waals surface area (Å²) in [6, 6.07) is 1.79. The average molecular weight is 368 g/mol. The monoisotopic (exact) mass is 366 g/mol. The van der Waals surface area contributed by atoms with Crippen LogP contribution in [0.15, 0.2) is 15.2 Å². The highest BCUT2D eigenvalue weighted by atomic mass is 79.9. The Bertz CT molecular complexity index is 378. The summed E-state index contributed by atoms with van der Waals surface area (Å²) < 4.78 is 6.37. The van der Waals surface area contributed by atoms with E-state index in [4.69, 9.17) is 4.74 Å². The molecule has 16 heavy (non-hydrogen) atoms. The molecular formula is C11H12Br2O2S. The third-order valence-corrected chi connectivity index (χ3v) is 5.45. The van der Waals surface area contributed by atoms with Crippen LogP contribution in [0.5, 0.6) is 0 Å². The van der Waals surface area contributed by atoms with Gasteiger partial charge in [0.1, 0.15) is 6.10 Å². The van der Waals surface area contributed by atoms with E-state index in [1.165, 1.54) is 17.8 Å². The number of halogens is 2. The number of alkyl halides is 1. The molecule has 0 bridgehead atoms. The predicted octanol–water partition coefficient (Wildman–Crippen LogP) is 4.37. The summed E-state index contributed by atoms with van der Waals surface area (Å²) in [7, 11) is 0. The van der Waals surface area contributed by atoms with Gasteiger partial charge in [-0.15, -0.1) is 11.3 Å². The van der Waals surface area contributed by atoms with Gasteiger partial charge in [-0.25, -0.2) is 4.79 Å². The van der Waals surface area contributed by atoms with Crippen LogP contribution in [0.25, 0.3) is 0 Å². The van der Waals surface area contributed by atoms with Gasteiger partial charge in [0.05, 0.1) is 14.2 Å². The van der Waals surface area contributed by atoms with Crippen molar-refractivity contribution in [2.24, 2.45) is 0 Å². The molecular weight excluding hydrogens is 356 g/mol. The van der Waals surface area contributed by atoms with E-state index < -0.39 is 0 Å². The first-order valence-corrected chi connectivity index (χ1v) is 7.85. The van der Waals surface area contributed by atoms with Gasteiger partial charge in [-0.3, -0.25) is 0 Å². The van der Waals surface area contributed by atoms with Crippen molar-refractivity contribution in [3.8, 4) is 0 Å². The van der Waals surface area contributed by atoms with E-state index in [1.807, 2.05) is 5.38 Å². The number of carbonyl (C=O) groups is 1. The Kier molecular flexibility index (Phi) is 4.44. The summed E-state index contributed by atoms with van der Waals surface area (Å²) >= 11 is 8.43. The highest BCUT2D eigenvalue weighted by Crippen LogP contribution is 2.29. The van der Waals surface area contributed by atoms with E-state index in [1.54, 1.807) is 6.07 Å². The van der Waals surface area contributed by atoms with Crippen LogP contribution in [0.2, 0.25) is 0 Å². The molecule has 2 rings (SSSR count). The van der Waals surface area contributed by atoms with Crippen molar-refractivity contribution in [1.82, 2.24) is 0 Å². The molecule has 1 saturated carbocycles. The summed E-state index contributed by atoms with van der Waals surface area (Å²) in [6.45, 7) is 0. The first-order chi connectivity index (χ1) is 7.68. The Labute approximate surface area is 116 Å². The fourth-order valence-electron chi connectivity index (χ4n) is 1.82. The van der Waals surface area contributed by atoms with Crippen LogP contribution in [-0.4, -0.2) is 16.9 Å². The molecule has 0 saturated heterocycles. The van der Waals surface area contributed by atoms with E-state index in [0.717, 1.165) is 23.0 Å². The van der Waals surface area contributed by atoms with E-state index in [-0.39, 0.29) is 12.1 Å². The van der Waals surface area contributed by atoms with Crippen molar-refractivity contribution in [1.29, 1.82) is 0 Å². The molecule has 0 radical (unpaired) electrons. The highest BCUT2D eigenvalue weighted by molar-refractivity contribution is 9.11. The van der Waals surface area contributed by atoms with Crippen LogP contribution in [0.4, 0.5) is 0 Å². The van der Waals surface area contributed by atoms with Crippen molar-refractivity contribution in [2.45, 2.75) is 36.6 Å². The lowest BCUT2D eigenvalue weighted by Crippen LogP contribution is -2.30. The first-order valence-electron chi connectivity index (χ1n) is 5.26. The Hall–Kier alpha value is 0.130. The lowest BCUT2D eigenvalue weighted by atomic mass is 9.97. The zero-order valence-corrected chi connectivity index (χ0v) is 12.6. The molecule has 0 aromatic carbocycles. The second-order valence-electron chi connectivity index (χ2n) is 3.85. The minimum Gasteiger partial charge on any atom is -0.458 e. The highest BCUT2D eigenvalue weighted by Gasteiger charge is 2.27. The van der Waals surface area contributed by atoms with Crippen LogP contribution in [0.3, 0.4) is 0 Å². The van der Waals surface area contributed by atoms with Crippen LogP contribution < -0.4 is 0 Å². The second-order valence-corrected chi connectivity index (χ2v) is 7.26. The van der Waals surface area contributed by atoms with Gasteiger partial charge >= 0.3 is 5.97 Å². The predicted molar refractivity (Wildman–Crippen MR) is 72.4 cm³/mol. The number of thiophene rings is 1. The molecule has 1 heterocycles. The summed E-state index contributed by atoms with van der Waals surface area (Å²) in [6.07, 6.45) is 4.43. The van der Waals surface area contributed by atoms with Crippen LogP contribution in [0.1, 0.15) is 36.0 Å². The molecule has 0 aliphatic heterocycles. The van der Waals surface area contributed by atoms with E-state index in [9.17, 15) is 4.79 Å². The summed E-state index contributed by atoms with van der Waals surface area (Å²) in [4.78, 5) is 12.2. The van der Waals surface area contributed by atoms with Gasteiger partial charge in [0.15, 0.2) is 0 Å². The molecule has 5 heteroatoms. The first kappa shape index (κ1) is 12.6. The smallest absolute Gasteiger partial charge is 0.340 e. The lowest BCUT2D eigenvalue weighted by molar-refractivity contribution is 0.0234. The Morgan fingerprint density at radius 1 is 1.44 bits per heavy atom. The normalized spacial score (nSPS) is 25.4. The van der Waals surface area contributed by atoms with Crippen molar-refractivity contribution in [3.05, 3.63) is 20.8 Å². The molecule has 1 aromatic heterocycles. The van der Waals surface area contributed by atoms with Crippen LogP contribution >= 0.6 is 43.2 Å². The van der Waals surface area contributed by atoms with Gasteiger partial charge in [0, 0.05) is 0 Å². The van der Waals surface area contributed by atoms with Crippen molar-refractivity contribution in [2.75, 3.05) is 0 Å². The summed E-state index contributed by atoms with van der Waals surface area (Å²) in [5.74, 6) is -0.218. The number of hydrogen-bond acceptors (Lipinski definition) is 3. The Morgan fingerprint density at radius 3 is 2.81 bits per heavy atom. The van der Waals surface area contributed by atoms with E-state index >= 15 is 0 Å². The Morgan fingerprint density at radius 2 is 2.19 bits per heavy atom. The number of hydrogen-bond donors (Lipinski definition) is 0. The van der Waals surface area contributed by atoms with E-state index in [2.05, 4.69) is 31.9 Å². The van der Waals surface area contributed by atoms with Gasteiger partial charge < -0.3 is 4.74 Å². The topological polar surface area (TPSA) is 26.3 Å². The van der Waals surface area contributed by atoms with Gasteiger partial charge in [-0.05, 0) is 46.6 Å². The number of ether oxygens (including phenoxy) is 1. The van der Waals surface area contributed by atoms with Crippen molar-refractivity contribution >= 4 is 49.2 Å². The molecule has 0 N–H and O–H groups in total. The number of carbonyl (C=O) groups excluding carboxylic acids is 1. The largest absolute Gasteiger partial charge is 0.458 e. The number of rotatable bonds is 2. The summed E-state index contributed by atoms with van der Waals surface area (Å²) in [5.41, 5.74) is 0.635. The average Bonchev–Trinajstić information content (AvgIpc) is 2.68. The minimum atomic E-state index is -0.218. The zero-order chi connectivity index (χ0) is 11.5. The molecule has 1 aliphatic carbocycles. The molecule has 0 unspecified atom stereocenters. The molecule has 1 aromatic rings. The third kappa shape index (κ3) is 2.87. The maximum absolute atomic E-state index is 11.9. The molecule has 1 fully saturated rings. The fraction of sp³-hybridized carbons (Fsp3) is 0.545.